The summed E-state index contributed by atoms with van der Waals surface area (Å²) >= 11 is 0. The van der Waals surface area contributed by atoms with Crippen molar-refractivity contribution in [2.24, 2.45) is 40.5 Å². The maximum Gasteiger partial charge on any atom is 0.243 e. The molecule has 7 rings (SSSR count). The van der Waals surface area contributed by atoms with Crippen LogP contribution in [-0.2, 0) is 101 Å². The number of nitrogens with two attached hydrogens (primary N) is 5. The van der Waals surface area contributed by atoms with E-state index in [2.05, 4.69) is 94.7 Å². The van der Waals surface area contributed by atoms with E-state index >= 15 is 4.79 Å². The minimum absolute atomic E-state index is 0.0236. The molecule has 29 N–H and O–H groups in total. The van der Waals surface area contributed by atoms with Crippen LogP contribution in [0.15, 0.2) is 91.4 Å². The molecule has 4 heterocycles. The van der Waals surface area contributed by atoms with Crippen LogP contribution in [-0.4, -0.2) is 220 Å². The lowest BCUT2D eigenvalue weighted by Crippen LogP contribution is -2.60. The Morgan fingerprint density at radius 1 is 0.409 bits per heavy atom. The molecule has 1 fully saturated rings. The van der Waals surface area contributed by atoms with E-state index in [0.29, 0.717) is 57.8 Å². The smallest absolute Gasteiger partial charge is 0.243 e. The fourth-order valence-corrected chi connectivity index (χ4v) is 14.6. The van der Waals surface area contributed by atoms with Crippen LogP contribution in [0.2, 0.25) is 0 Å². The Balaban J connectivity index is 1.08. The summed E-state index contributed by atoms with van der Waals surface area (Å²) in [6, 6.07) is 3.55. The molecule has 3 aromatic carbocycles. The topological polar surface area (TPSA) is 672 Å². The third-order valence-electron chi connectivity index (χ3n) is 21.5. The normalized spacial score (nSPS) is 15.3. The molecule has 127 heavy (non-hydrogen) atoms. The molecule has 1 aliphatic rings. The number of nitrogens with one attached hydrogen (secondary N) is 19. The maximum atomic E-state index is 15.0. The number of hydrogen-bond donors (Lipinski definition) is 24. The van der Waals surface area contributed by atoms with Crippen molar-refractivity contribution in [2.45, 2.75) is 249 Å². The molecule has 6 aromatic rings. The van der Waals surface area contributed by atoms with Crippen molar-refractivity contribution in [2.75, 3.05) is 19.6 Å². The zero-order chi connectivity index (χ0) is 93.1. The number of carbonyl (C=O) groups is 17. The summed E-state index contributed by atoms with van der Waals surface area (Å²) in [5, 5.41) is 49.1. The largest absolute Gasteiger partial charge is 0.370 e. The van der Waals surface area contributed by atoms with Crippen LogP contribution < -0.4 is 108 Å². The first-order valence-corrected chi connectivity index (χ1v) is 42.9. The minimum atomic E-state index is -1.66. The lowest BCUT2D eigenvalue weighted by atomic mass is 10.00. The van der Waals surface area contributed by atoms with Gasteiger partial charge in [-0.1, -0.05) is 102 Å². The standard InChI is InChI=1S/C86H124N24O17/c1-8-9-22-58(73(90)115)102-84(126)65(37-46(4)5)109-85(127)68(40-51-43-96-57-25-15-12-21-54(51)57)107-75(117)48(7)98-82(124)66(38-49-41-94-55-23-13-10-19-52(49)55)106-74(116)47(6)99-83(125)67(39-50-42-95-56-24-14-11-20-53(50)56)110-81(123)63(29-32-70(89)112)104-77(119)59(26-16-17-34-87)101-72(114)44-97-76(118)64(36-45(2)3)108-78(120)60(27-18-35-93-86(91)92)103-80(122)62(28-31-69(88)111)105-79(121)61-30-33-71(113)100-61/h10-15,19-21,23-25,41-43,45-48,58-68,94-96H,8-9,16-18,22,26-40,44,87H2,1-7H3,(H2,88,111)(H2,89,112)(H2,90,115)(H,97,118)(H,98,124)(H,99,125)(H,100,113)(H,101,114)(H,102,126)(H,103,122)(H,104,119)(H,105,121)(H,106,116)(H,107,117)(H,108,120)(H,109,127)(H,110,123)(H4,91,92,93)/t47-,48+,58-,59-,60-,61-,62-,63+,64-,65-,66+,67-,68+/m0/s1. The minimum Gasteiger partial charge on any atom is -0.370 e. The van der Waals surface area contributed by atoms with Gasteiger partial charge in [0.2, 0.25) is 100 Å². The van der Waals surface area contributed by atoms with Gasteiger partial charge >= 0.3 is 0 Å². The highest BCUT2D eigenvalue weighted by molar-refractivity contribution is 6.02. The molecule has 41 heteroatoms. The third kappa shape index (κ3) is 32.2. The molecule has 1 saturated heterocycles. The average Bonchev–Trinajstić information content (AvgIpc) is 1.69. The van der Waals surface area contributed by atoms with Gasteiger partial charge in [-0.05, 0) is 138 Å². The Hall–Kier alpha value is -13.5. The lowest BCUT2D eigenvalue weighted by Gasteiger charge is -2.27. The summed E-state index contributed by atoms with van der Waals surface area (Å²) < 4.78 is 0. The summed E-state index contributed by atoms with van der Waals surface area (Å²) in [5.74, 6) is -15.0. The predicted octanol–water partition coefficient (Wildman–Crippen LogP) is -1.90. The first kappa shape index (κ1) is 101. The van der Waals surface area contributed by atoms with Crippen molar-refractivity contribution in [1.82, 2.24) is 94.7 Å². The first-order chi connectivity index (χ1) is 60.4. The van der Waals surface area contributed by atoms with Gasteiger partial charge in [-0.2, -0.15) is 0 Å². The number of H-pyrrole nitrogens is 3. The van der Waals surface area contributed by atoms with Crippen molar-refractivity contribution in [3.05, 3.63) is 108 Å². The van der Waals surface area contributed by atoms with Gasteiger partial charge in [0.15, 0.2) is 5.96 Å². The summed E-state index contributed by atoms with van der Waals surface area (Å²) in [7, 11) is 0. The van der Waals surface area contributed by atoms with Crippen molar-refractivity contribution >= 4 is 139 Å². The van der Waals surface area contributed by atoms with Gasteiger partial charge in [0.1, 0.15) is 78.5 Å². The number of carbonyl (C=O) groups excluding carboxylic acids is 17. The van der Waals surface area contributed by atoms with Gasteiger partial charge in [-0.25, -0.2) is 0 Å². The average molecular weight is 1770 g/mol. The van der Waals surface area contributed by atoms with E-state index in [9.17, 15) is 76.7 Å². The molecule has 0 spiro atoms. The number of aromatic nitrogens is 3. The number of hydrogen-bond acceptors (Lipinski definition) is 19. The van der Waals surface area contributed by atoms with E-state index in [1.54, 1.807) is 87.0 Å². The van der Waals surface area contributed by atoms with E-state index in [1.807, 2.05) is 39.0 Å². The van der Waals surface area contributed by atoms with Gasteiger partial charge in [-0.3, -0.25) is 86.9 Å². The monoisotopic (exact) mass is 1760 g/mol. The molecule has 690 valence electrons. The second-order valence-corrected chi connectivity index (χ2v) is 32.8. The van der Waals surface area contributed by atoms with E-state index in [0.717, 1.165) is 10.9 Å². The van der Waals surface area contributed by atoms with Crippen molar-refractivity contribution in [1.29, 1.82) is 5.41 Å². The van der Waals surface area contributed by atoms with Crippen LogP contribution in [0.1, 0.15) is 168 Å². The molecular formula is C86H124N24O17. The molecule has 41 nitrogen and oxygen atoms in total. The van der Waals surface area contributed by atoms with Crippen LogP contribution in [0.3, 0.4) is 0 Å². The zero-order valence-corrected chi connectivity index (χ0v) is 72.7. The van der Waals surface area contributed by atoms with Crippen LogP contribution in [0.25, 0.3) is 32.7 Å². The van der Waals surface area contributed by atoms with Gasteiger partial charge in [0.25, 0.3) is 0 Å². The number of benzene rings is 3. The Bertz CT molecular complexity index is 4890. The number of amides is 17. The van der Waals surface area contributed by atoms with E-state index < -0.39 is 192 Å². The first-order valence-electron chi connectivity index (χ1n) is 42.9. The lowest BCUT2D eigenvalue weighted by molar-refractivity contribution is -0.136. The molecule has 0 bridgehead atoms. The number of primary amides is 3. The molecule has 17 amide bonds. The zero-order valence-electron chi connectivity index (χ0n) is 72.7. The fraction of sp³-hybridized carbons (Fsp3) is 0.512. The summed E-state index contributed by atoms with van der Waals surface area (Å²) in [5.41, 5.74) is 31.8. The molecule has 0 aliphatic carbocycles. The Morgan fingerprint density at radius 3 is 1.18 bits per heavy atom. The second-order valence-electron chi connectivity index (χ2n) is 32.8. The number of fused-ring (bicyclic) bond motifs is 3. The van der Waals surface area contributed by atoms with Crippen LogP contribution in [0.5, 0.6) is 0 Å². The predicted molar refractivity (Wildman–Crippen MR) is 471 cm³/mol. The fourth-order valence-electron chi connectivity index (χ4n) is 14.6. The molecule has 1 aliphatic heterocycles. The van der Waals surface area contributed by atoms with Gasteiger partial charge in [-0.15, -0.1) is 0 Å². The van der Waals surface area contributed by atoms with Crippen LogP contribution in [0, 0.1) is 17.2 Å². The third-order valence-corrected chi connectivity index (χ3v) is 21.5. The number of rotatable bonds is 54. The quantitative estimate of drug-likeness (QED) is 0.0113. The SMILES string of the molecule is CCCC[C@H](NC(=O)[C@H](CC(C)C)NC(=O)[C@@H](Cc1c[nH]c2ccccc12)NC(=O)[C@@H](C)NC(=O)[C@@H](Cc1c[nH]c2ccccc12)NC(=O)[C@H](C)NC(=O)[C@H](Cc1c[nH]c2ccccc12)NC(=O)[C@@H](CCC(N)=O)NC(=O)[C@H](CCCCN)NC(=O)CNC(=O)[C@H](CC(C)C)NC(=O)[C@H](CCCNC(=N)N)NC(=O)[C@H](CCC(N)=O)NC(=O)[C@@H]1CCC(=O)N1)C(N)=O. The highest BCUT2D eigenvalue weighted by Gasteiger charge is 2.39. The highest BCUT2D eigenvalue weighted by atomic mass is 16.2. The molecule has 0 saturated carbocycles. The van der Waals surface area contributed by atoms with Gasteiger partial charge < -0.3 is 123 Å². The van der Waals surface area contributed by atoms with E-state index in [1.165, 1.54) is 13.8 Å². The van der Waals surface area contributed by atoms with E-state index in [-0.39, 0.29) is 127 Å². The number of aromatic amines is 3. The summed E-state index contributed by atoms with van der Waals surface area (Å²) in [6.07, 6.45) is 5.08. The van der Waals surface area contributed by atoms with Crippen LogP contribution >= 0.6 is 0 Å². The van der Waals surface area contributed by atoms with Gasteiger partial charge in [0.05, 0.1) is 6.54 Å². The van der Waals surface area contributed by atoms with Crippen LogP contribution in [0.4, 0.5) is 0 Å². The summed E-state index contributed by atoms with van der Waals surface area (Å²) in [6.45, 7) is 11.2. The van der Waals surface area contributed by atoms with Crippen molar-refractivity contribution in [3.63, 3.8) is 0 Å². The Morgan fingerprint density at radius 2 is 0.772 bits per heavy atom. The van der Waals surface area contributed by atoms with Gasteiger partial charge in [0, 0.05) is 96.4 Å². The Labute approximate surface area is 734 Å². The van der Waals surface area contributed by atoms with E-state index in [4.69, 9.17) is 34.1 Å². The molecule has 13 atom stereocenters. The number of unbranched alkanes of at least 4 members (excludes halogenated alkanes) is 2. The molecule has 0 unspecified atom stereocenters. The summed E-state index contributed by atoms with van der Waals surface area (Å²) in [4.78, 5) is 245. The molecule has 0 radical (unpaired) electrons. The molecular weight excluding hydrogens is 1640 g/mol. The van der Waals surface area contributed by atoms with Crippen molar-refractivity contribution < 1.29 is 81.5 Å². The second kappa shape index (κ2) is 49.9. The number of para-hydroxylation sites is 3. The number of guanidine groups is 1. The molecule has 3 aromatic heterocycles. The van der Waals surface area contributed by atoms with Crippen molar-refractivity contribution in [3.8, 4) is 0 Å². The maximum absolute atomic E-state index is 15.0. The Kier molecular flexibility index (Phi) is 39.5. The highest BCUT2D eigenvalue weighted by Crippen LogP contribution is 2.24.